The summed E-state index contributed by atoms with van der Waals surface area (Å²) < 4.78 is 5.76. The summed E-state index contributed by atoms with van der Waals surface area (Å²) in [6.45, 7) is 2.34. The zero-order valence-electron chi connectivity index (χ0n) is 14.1. The van der Waals surface area contributed by atoms with Crippen LogP contribution in [0.5, 0.6) is 5.75 Å². The molecule has 3 rings (SSSR count). The number of hydrogen-bond donors (Lipinski definition) is 1. The van der Waals surface area contributed by atoms with Crippen LogP contribution in [0.25, 0.3) is 0 Å². The van der Waals surface area contributed by atoms with E-state index in [2.05, 4.69) is 0 Å². The second-order valence-corrected chi connectivity index (χ2v) is 7.36. The molecule has 1 aromatic heterocycles. The van der Waals surface area contributed by atoms with Crippen molar-refractivity contribution in [3.05, 3.63) is 52.2 Å². The average molecular weight is 359 g/mol. The van der Waals surface area contributed by atoms with E-state index in [4.69, 9.17) is 9.84 Å². The Morgan fingerprint density at radius 3 is 2.76 bits per heavy atom. The van der Waals surface area contributed by atoms with Crippen LogP contribution in [0.4, 0.5) is 0 Å². The molecule has 0 bridgehead atoms. The summed E-state index contributed by atoms with van der Waals surface area (Å²) in [4.78, 5) is 26.8. The van der Waals surface area contributed by atoms with Gasteiger partial charge in [0.1, 0.15) is 12.4 Å². The van der Waals surface area contributed by atoms with Crippen molar-refractivity contribution in [2.75, 3.05) is 6.54 Å². The molecule has 132 valence electrons. The van der Waals surface area contributed by atoms with Crippen molar-refractivity contribution < 1.29 is 19.4 Å². The van der Waals surface area contributed by atoms with Crippen LogP contribution in [0.1, 0.15) is 35.0 Å². The van der Waals surface area contributed by atoms with Crippen LogP contribution in [-0.4, -0.2) is 34.5 Å². The summed E-state index contributed by atoms with van der Waals surface area (Å²) in [5.74, 6) is -0.951. The molecule has 5 nitrogen and oxygen atoms in total. The lowest BCUT2D eigenvalue weighted by Crippen LogP contribution is -2.38. The van der Waals surface area contributed by atoms with E-state index in [0.29, 0.717) is 17.9 Å². The van der Waals surface area contributed by atoms with Gasteiger partial charge in [0.15, 0.2) is 0 Å². The number of ether oxygens (including phenoxy) is 1. The van der Waals surface area contributed by atoms with Gasteiger partial charge in [-0.05, 0) is 42.5 Å². The summed E-state index contributed by atoms with van der Waals surface area (Å²) >= 11 is 1.62. The van der Waals surface area contributed by atoms with Crippen LogP contribution in [-0.2, 0) is 11.4 Å². The second kappa shape index (κ2) is 7.70. The molecule has 1 heterocycles. The van der Waals surface area contributed by atoms with Crippen molar-refractivity contribution in [3.8, 4) is 5.75 Å². The molecule has 0 aliphatic heterocycles. The lowest BCUT2D eigenvalue weighted by atomic mass is 10.1. The number of carbonyl (C=O) groups excluding carboxylic acids is 1. The van der Waals surface area contributed by atoms with E-state index < -0.39 is 11.9 Å². The Morgan fingerprint density at radius 1 is 1.32 bits per heavy atom. The van der Waals surface area contributed by atoms with Crippen LogP contribution < -0.4 is 4.74 Å². The molecular weight excluding hydrogens is 338 g/mol. The molecule has 1 N–H and O–H groups in total. The molecule has 0 radical (unpaired) electrons. The smallest absolute Gasteiger partial charge is 0.308 e. The average Bonchev–Trinajstić information content (AvgIpc) is 3.32. The van der Waals surface area contributed by atoms with E-state index in [1.165, 1.54) is 0 Å². The Hall–Kier alpha value is -2.34. The molecule has 1 saturated carbocycles. The van der Waals surface area contributed by atoms with Crippen LogP contribution in [0.15, 0.2) is 41.8 Å². The van der Waals surface area contributed by atoms with Gasteiger partial charge in [0.25, 0.3) is 5.91 Å². The number of benzene rings is 1. The predicted molar refractivity (Wildman–Crippen MR) is 96.0 cm³/mol. The summed E-state index contributed by atoms with van der Waals surface area (Å²) in [6, 6.07) is 11.2. The Kier molecular flexibility index (Phi) is 5.38. The van der Waals surface area contributed by atoms with E-state index in [0.717, 1.165) is 17.7 Å². The minimum absolute atomic E-state index is 0.128. The highest BCUT2D eigenvalue weighted by Gasteiger charge is 2.35. The van der Waals surface area contributed by atoms with E-state index in [1.807, 2.05) is 23.6 Å². The highest BCUT2D eigenvalue weighted by molar-refractivity contribution is 7.09. The van der Waals surface area contributed by atoms with Gasteiger partial charge in [-0.15, -0.1) is 11.3 Å². The Bertz CT molecular complexity index is 740. The fourth-order valence-corrected chi connectivity index (χ4v) is 3.21. The minimum Gasteiger partial charge on any atom is -0.488 e. The largest absolute Gasteiger partial charge is 0.488 e. The molecule has 25 heavy (non-hydrogen) atoms. The maximum atomic E-state index is 12.8. The molecular formula is C19H21NO4S. The third-order valence-electron chi connectivity index (χ3n) is 4.18. The first-order valence-electron chi connectivity index (χ1n) is 8.33. The standard InChI is InChI=1S/C19H21NO4S/c1-13(19(22)23)11-20(15-7-8-15)18(21)14-4-2-5-16(10-14)24-12-17-6-3-9-25-17/h2-6,9-10,13,15H,7-8,11-12H2,1H3,(H,22,23). The molecule has 1 aliphatic rings. The third-order valence-corrected chi connectivity index (χ3v) is 5.03. The maximum absolute atomic E-state index is 12.8. The Morgan fingerprint density at radius 2 is 2.12 bits per heavy atom. The second-order valence-electron chi connectivity index (χ2n) is 6.32. The maximum Gasteiger partial charge on any atom is 0.308 e. The molecule has 1 fully saturated rings. The first kappa shape index (κ1) is 17.5. The van der Waals surface area contributed by atoms with Gasteiger partial charge in [-0.3, -0.25) is 9.59 Å². The normalized spacial score (nSPS) is 14.8. The first-order valence-corrected chi connectivity index (χ1v) is 9.21. The van der Waals surface area contributed by atoms with E-state index >= 15 is 0 Å². The van der Waals surface area contributed by atoms with Gasteiger partial charge in [0.05, 0.1) is 5.92 Å². The zero-order valence-corrected chi connectivity index (χ0v) is 14.9. The van der Waals surface area contributed by atoms with Crippen molar-refractivity contribution >= 4 is 23.2 Å². The molecule has 0 saturated heterocycles. The van der Waals surface area contributed by atoms with Crippen LogP contribution in [0, 0.1) is 5.92 Å². The van der Waals surface area contributed by atoms with Crippen molar-refractivity contribution in [2.45, 2.75) is 32.4 Å². The van der Waals surface area contributed by atoms with Gasteiger partial charge in [-0.2, -0.15) is 0 Å². The summed E-state index contributed by atoms with van der Waals surface area (Å²) in [6.07, 6.45) is 1.87. The van der Waals surface area contributed by atoms with Gasteiger partial charge in [-0.25, -0.2) is 0 Å². The highest BCUT2D eigenvalue weighted by atomic mass is 32.1. The summed E-state index contributed by atoms with van der Waals surface area (Å²) in [5.41, 5.74) is 0.535. The first-order chi connectivity index (χ1) is 12.0. The van der Waals surface area contributed by atoms with Crippen LogP contribution >= 0.6 is 11.3 Å². The van der Waals surface area contributed by atoms with Gasteiger partial charge < -0.3 is 14.7 Å². The minimum atomic E-state index is -0.883. The fourth-order valence-electron chi connectivity index (χ4n) is 2.59. The molecule has 1 atom stereocenters. The number of thiophene rings is 1. The molecule has 1 unspecified atom stereocenters. The molecule has 1 aliphatic carbocycles. The molecule has 0 spiro atoms. The van der Waals surface area contributed by atoms with Crippen molar-refractivity contribution in [1.29, 1.82) is 0 Å². The van der Waals surface area contributed by atoms with Crippen LogP contribution in [0.3, 0.4) is 0 Å². The topological polar surface area (TPSA) is 66.8 Å². The van der Waals surface area contributed by atoms with Gasteiger partial charge in [0, 0.05) is 23.0 Å². The van der Waals surface area contributed by atoms with E-state index in [1.54, 1.807) is 41.4 Å². The Labute approximate surface area is 150 Å². The number of rotatable bonds is 8. The van der Waals surface area contributed by atoms with Gasteiger partial charge in [0.2, 0.25) is 0 Å². The van der Waals surface area contributed by atoms with Crippen molar-refractivity contribution in [2.24, 2.45) is 5.92 Å². The number of carboxylic acids is 1. The molecule has 2 aromatic rings. The van der Waals surface area contributed by atoms with Gasteiger partial charge >= 0.3 is 5.97 Å². The van der Waals surface area contributed by atoms with E-state index in [-0.39, 0.29) is 18.5 Å². The number of hydrogen-bond acceptors (Lipinski definition) is 4. The lowest BCUT2D eigenvalue weighted by molar-refractivity contribution is -0.141. The lowest BCUT2D eigenvalue weighted by Gasteiger charge is -2.24. The fraction of sp³-hybridized carbons (Fsp3) is 0.368. The monoisotopic (exact) mass is 359 g/mol. The highest BCUT2D eigenvalue weighted by Crippen LogP contribution is 2.30. The van der Waals surface area contributed by atoms with Crippen LogP contribution in [0.2, 0.25) is 0 Å². The number of aliphatic carboxylic acids is 1. The quantitative estimate of drug-likeness (QED) is 0.781. The van der Waals surface area contributed by atoms with E-state index in [9.17, 15) is 9.59 Å². The summed E-state index contributed by atoms with van der Waals surface area (Å²) in [7, 11) is 0. The number of amides is 1. The zero-order chi connectivity index (χ0) is 17.8. The van der Waals surface area contributed by atoms with Crippen molar-refractivity contribution in [1.82, 2.24) is 4.90 Å². The predicted octanol–water partition coefficient (Wildman–Crippen LogP) is 3.65. The number of nitrogens with zero attached hydrogens (tertiary/aromatic N) is 1. The Balaban J connectivity index is 1.69. The van der Waals surface area contributed by atoms with Gasteiger partial charge in [-0.1, -0.05) is 19.1 Å². The molecule has 1 aromatic carbocycles. The SMILES string of the molecule is CC(CN(C(=O)c1cccc(OCc2cccs2)c1)C1CC1)C(=O)O. The summed E-state index contributed by atoms with van der Waals surface area (Å²) in [5, 5.41) is 11.1. The third kappa shape index (κ3) is 4.60. The van der Waals surface area contributed by atoms with Crippen molar-refractivity contribution in [3.63, 3.8) is 0 Å². The molecule has 1 amide bonds. The molecule has 6 heteroatoms. The number of carboxylic acid groups (broad SMARTS) is 1. The number of carbonyl (C=O) groups is 2.